The Kier molecular flexibility index (Phi) is 6.54. The average molecular weight is 361 g/mol. The first kappa shape index (κ1) is 19.2. The van der Waals surface area contributed by atoms with Gasteiger partial charge in [-0.25, -0.2) is 0 Å². The molecule has 0 spiro atoms. The quantitative estimate of drug-likeness (QED) is 0.779. The van der Waals surface area contributed by atoms with Gasteiger partial charge in [-0.1, -0.05) is 0 Å². The van der Waals surface area contributed by atoms with Crippen LogP contribution < -0.4 is 29.0 Å². The molecule has 26 heavy (non-hydrogen) atoms. The minimum absolute atomic E-state index is 0.135. The van der Waals surface area contributed by atoms with E-state index in [9.17, 15) is 4.79 Å². The first-order valence-corrected chi connectivity index (χ1v) is 7.86. The monoisotopic (exact) mass is 361 g/mol. The molecule has 1 N–H and O–H groups in total. The second-order valence-corrected chi connectivity index (χ2v) is 5.36. The van der Waals surface area contributed by atoms with Crippen LogP contribution in [0.2, 0.25) is 0 Å². The molecular formula is C19H23NO6. The molecule has 0 saturated heterocycles. The number of rotatable bonds is 8. The van der Waals surface area contributed by atoms with Crippen LogP contribution in [0.5, 0.6) is 28.7 Å². The summed E-state index contributed by atoms with van der Waals surface area (Å²) in [6, 6.07) is 8.65. The van der Waals surface area contributed by atoms with Crippen LogP contribution in [0.25, 0.3) is 0 Å². The van der Waals surface area contributed by atoms with Crippen molar-refractivity contribution in [2.45, 2.75) is 6.42 Å². The third-order valence-electron chi connectivity index (χ3n) is 3.72. The molecule has 7 heteroatoms. The zero-order valence-electron chi connectivity index (χ0n) is 15.5. The second-order valence-electron chi connectivity index (χ2n) is 5.36. The van der Waals surface area contributed by atoms with Gasteiger partial charge in [0, 0.05) is 23.9 Å². The smallest absolute Gasteiger partial charge is 0.228 e. The van der Waals surface area contributed by atoms with Crippen molar-refractivity contribution in [2.75, 3.05) is 40.9 Å². The Morgan fingerprint density at radius 1 is 0.769 bits per heavy atom. The number of anilines is 1. The maximum Gasteiger partial charge on any atom is 0.228 e. The largest absolute Gasteiger partial charge is 0.497 e. The zero-order valence-corrected chi connectivity index (χ0v) is 15.5. The number of methoxy groups -OCH3 is 5. The molecule has 0 aliphatic heterocycles. The first-order chi connectivity index (χ1) is 12.5. The van der Waals surface area contributed by atoms with Crippen molar-refractivity contribution in [1.82, 2.24) is 0 Å². The highest BCUT2D eigenvalue weighted by molar-refractivity contribution is 5.92. The Hall–Kier alpha value is -3.09. The van der Waals surface area contributed by atoms with E-state index >= 15 is 0 Å². The van der Waals surface area contributed by atoms with E-state index in [-0.39, 0.29) is 12.3 Å². The van der Waals surface area contributed by atoms with Crippen LogP contribution >= 0.6 is 0 Å². The van der Waals surface area contributed by atoms with Gasteiger partial charge >= 0.3 is 0 Å². The van der Waals surface area contributed by atoms with Crippen LogP contribution in [0.3, 0.4) is 0 Å². The highest BCUT2D eigenvalue weighted by Gasteiger charge is 2.15. The lowest BCUT2D eigenvalue weighted by Crippen LogP contribution is -2.14. The van der Waals surface area contributed by atoms with Crippen LogP contribution in [-0.2, 0) is 11.2 Å². The number of benzene rings is 2. The van der Waals surface area contributed by atoms with Gasteiger partial charge in [0.05, 0.1) is 42.0 Å². The van der Waals surface area contributed by atoms with Crippen LogP contribution in [0.1, 0.15) is 5.56 Å². The highest BCUT2D eigenvalue weighted by atomic mass is 16.5. The van der Waals surface area contributed by atoms with E-state index in [1.54, 1.807) is 44.6 Å². The summed E-state index contributed by atoms with van der Waals surface area (Å²) in [5, 5.41) is 2.83. The van der Waals surface area contributed by atoms with Gasteiger partial charge < -0.3 is 29.0 Å². The molecule has 7 nitrogen and oxygen atoms in total. The molecule has 140 valence electrons. The topological polar surface area (TPSA) is 75.3 Å². The lowest BCUT2D eigenvalue weighted by atomic mass is 10.1. The van der Waals surface area contributed by atoms with Gasteiger partial charge in [0.25, 0.3) is 0 Å². The van der Waals surface area contributed by atoms with Crippen LogP contribution in [0, 0.1) is 0 Å². The molecule has 0 atom stereocenters. The fraction of sp³-hybridized carbons (Fsp3) is 0.316. The second kappa shape index (κ2) is 8.84. The van der Waals surface area contributed by atoms with Gasteiger partial charge in [0.1, 0.15) is 11.5 Å². The first-order valence-electron chi connectivity index (χ1n) is 7.86. The molecule has 0 aliphatic carbocycles. The lowest BCUT2D eigenvalue weighted by Gasteiger charge is -2.14. The standard InChI is InChI=1S/C19H23NO6/c1-22-14-9-13(10-15(11-14)23-2)20-18(21)8-12-6-16(24-3)19(26-5)17(7-12)25-4/h6-7,9-11H,8H2,1-5H3,(H,20,21). The molecule has 0 fully saturated rings. The van der Waals surface area contributed by atoms with Crippen molar-refractivity contribution < 1.29 is 28.5 Å². The Balaban J connectivity index is 2.20. The molecule has 2 aromatic rings. The minimum Gasteiger partial charge on any atom is -0.497 e. The number of nitrogens with one attached hydrogen (secondary N) is 1. The molecule has 0 saturated carbocycles. The van der Waals surface area contributed by atoms with Crippen LogP contribution in [0.15, 0.2) is 30.3 Å². The van der Waals surface area contributed by atoms with E-state index in [1.807, 2.05) is 0 Å². The molecule has 0 aromatic heterocycles. The predicted octanol–water partition coefficient (Wildman–Crippen LogP) is 2.91. The van der Waals surface area contributed by atoms with Crippen LogP contribution in [0.4, 0.5) is 5.69 Å². The summed E-state index contributed by atoms with van der Waals surface area (Å²) in [7, 11) is 7.70. The highest BCUT2D eigenvalue weighted by Crippen LogP contribution is 2.38. The fourth-order valence-electron chi connectivity index (χ4n) is 2.51. The molecule has 0 heterocycles. The van der Waals surface area contributed by atoms with Crippen LogP contribution in [-0.4, -0.2) is 41.5 Å². The SMILES string of the molecule is COc1cc(NC(=O)Cc2cc(OC)c(OC)c(OC)c2)cc(OC)c1. The van der Waals surface area contributed by atoms with Crippen molar-refractivity contribution >= 4 is 11.6 Å². The van der Waals surface area contributed by atoms with Gasteiger partial charge in [-0.15, -0.1) is 0 Å². The Morgan fingerprint density at radius 2 is 1.31 bits per heavy atom. The molecular weight excluding hydrogens is 338 g/mol. The zero-order chi connectivity index (χ0) is 19.1. The number of ether oxygens (including phenoxy) is 5. The molecule has 0 aliphatic rings. The molecule has 0 unspecified atom stereocenters. The van der Waals surface area contributed by atoms with E-state index in [4.69, 9.17) is 23.7 Å². The Bertz CT molecular complexity index is 727. The van der Waals surface area contributed by atoms with Crippen molar-refractivity contribution in [3.8, 4) is 28.7 Å². The molecule has 1 amide bonds. The summed E-state index contributed by atoms with van der Waals surface area (Å²) >= 11 is 0. The molecule has 2 aromatic carbocycles. The van der Waals surface area contributed by atoms with Gasteiger partial charge in [0.15, 0.2) is 11.5 Å². The maximum atomic E-state index is 12.4. The van der Waals surface area contributed by atoms with Crippen molar-refractivity contribution in [3.63, 3.8) is 0 Å². The van der Waals surface area contributed by atoms with Gasteiger partial charge in [-0.3, -0.25) is 4.79 Å². The molecule has 0 radical (unpaired) electrons. The number of carbonyl (C=O) groups excluding carboxylic acids is 1. The normalized spacial score (nSPS) is 10.0. The van der Waals surface area contributed by atoms with Crippen molar-refractivity contribution in [2.24, 2.45) is 0 Å². The van der Waals surface area contributed by atoms with E-state index in [1.165, 1.54) is 21.3 Å². The molecule has 2 rings (SSSR count). The Morgan fingerprint density at radius 3 is 1.73 bits per heavy atom. The number of hydrogen-bond acceptors (Lipinski definition) is 6. The third kappa shape index (κ3) is 4.50. The van der Waals surface area contributed by atoms with Crippen molar-refractivity contribution in [1.29, 1.82) is 0 Å². The van der Waals surface area contributed by atoms with E-state index < -0.39 is 0 Å². The van der Waals surface area contributed by atoms with E-state index in [2.05, 4.69) is 5.32 Å². The minimum atomic E-state index is -0.199. The summed E-state index contributed by atoms with van der Waals surface area (Å²) in [6.07, 6.45) is 0.135. The molecule has 0 bridgehead atoms. The van der Waals surface area contributed by atoms with E-state index in [0.29, 0.717) is 34.4 Å². The Labute approximate surface area is 152 Å². The number of amides is 1. The summed E-state index contributed by atoms with van der Waals surface area (Å²) < 4.78 is 26.3. The summed E-state index contributed by atoms with van der Waals surface area (Å²) in [5.74, 6) is 2.46. The maximum absolute atomic E-state index is 12.4. The fourth-order valence-corrected chi connectivity index (χ4v) is 2.51. The summed E-state index contributed by atoms with van der Waals surface area (Å²) in [6.45, 7) is 0. The predicted molar refractivity (Wildman–Crippen MR) is 98.0 cm³/mol. The summed E-state index contributed by atoms with van der Waals surface area (Å²) in [4.78, 5) is 12.4. The van der Waals surface area contributed by atoms with Crippen molar-refractivity contribution in [3.05, 3.63) is 35.9 Å². The lowest BCUT2D eigenvalue weighted by molar-refractivity contribution is -0.115. The van der Waals surface area contributed by atoms with Gasteiger partial charge in [-0.2, -0.15) is 0 Å². The van der Waals surface area contributed by atoms with E-state index in [0.717, 1.165) is 5.56 Å². The number of carbonyl (C=O) groups is 1. The van der Waals surface area contributed by atoms with Gasteiger partial charge in [-0.05, 0) is 17.7 Å². The third-order valence-corrected chi connectivity index (χ3v) is 3.72. The summed E-state index contributed by atoms with van der Waals surface area (Å²) in [5.41, 5.74) is 1.31. The van der Waals surface area contributed by atoms with Gasteiger partial charge in [0.2, 0.25) is 11.7 Å². The average Bonchev–Trinajstić information content (AvgIpc) is 2.66. The number of hydrogen-bond donors (Lipinski definition) is 1.